The molecule has 0 aliphatic carbocycles. The van der Waals surface area contributed by atoms with Crippen LogP contribution in [0, 0.1) is 20.7 Å². The second kappa shape index (κ2) is 4.09. The molecule has 0 saturated heterocycles. The summed E-state index contributed by atoms with van der Waals surface area (Å²) in [5, 5.41) is 0. The van der Waals surface area contributed by atoms with Gasteiger partial charge in [0.05, 0.1) is 5.56 Å². The van der Waals surface area contributed by atoms with Crippen molar-refractivity contribution >= 4 is 0 Å². The monoisotopic (exact) mass is 215 g/mol. The standard InChI is InChI=1S/C15H18N/c1-11-7-5-8-12(2)15(11)14-10-6-9-13(3)16(14)4/h5-10H,1-4H3/q+1/i3D3. The summed E-state index contributed by atoms with van der Waals surface area (Å²) in [7, 11) is 1.81. The van der Waals surface area contributed by atoms with E-state index in [1.54, 1.807) is 10.6 Å². The molecule has 82 valence electrons. The molecule has 0 spiro atoms. The summed E-state index contributed by atoms with van der Waals surface area (Å²) in [6.07, 6.45) is 0. The number of rotatable bonds is 1. The Hall–Kier alpha value is -1.63. The SMILES string of the molecule is [2H]C([2H])([2H])c1cccc(-c2c(C)cccc2C)[n+]1C. The fourth-order valence-electron chi connectivity index (χ4n) is 2.05. The molecule has 0 unspecified atom stereocenters. The lowest BCUT2D eigenvalue weighted by atomic mass is 9.99. The van der Waals surface area contributed by atoms with Crippen LogP contribution >= 0.6 is 0 Å². The lowest BCUT2D eigenvalue weighted by Crippen LogP contribution is -2.34. The normalized spacial score (nSPS) is 14.1. The fraction of sp³-hybridized carbons (Fsp3) is 0.267. The van der Waals surface area contributed by atoms with Gasteiger partial charge in [-0.05, 0) is 31.0 Å². The Morgan fingerprint density at radius 1 is 1.00 bits per heavy atom. The summed E-state index contributed by atoms with van der Waals surface area (Å²) in [6, 6.07) is 11.5. The van der Waals surface area contributed by atoms with Gasteiger partial charge in [0.1, 0.15) is 7.05 Å². The Balaban J connectivity index is 2.71. The van der Waals surface area contributed by atoms with E-state index in [4.69, 9.17) is 4.11 Å². The highest BCUT2D eigenvalue weighted by Crippen LogP contribution is 2.24. The van der Waals surface area contributed by atoms with Gasteiger partial charge in [0.25, 0.3) is 0 Å². The third-order valence-corrected chi connectivity index (χ3v) is 2.97. The lowest BCUT2D eigenvalue weighted by Gasteiger charge is -2.08. The van der Waals surface area contributed by atoms with Crippen LogP contribution in [-0.2, 0) is 7.05 Å². The van der Waals surface area contributed by atoms with E-state index in [1.807, 2.05) is 51.2 Å². The highest BCUT2D eigenvalue weighted by molar-refractivity contribution is 5.65. The molecule has 0 radical (unpaired) electrons. The molecule has 1 aromatic carbocycles. The van der Waals surface area contributed by atoms with Crippen LogP contribution in [0.5, 0.6) is 0 Å². The van der Waals surface area contributed by atoms with Crippen molar-refractivity contribution < 1.29 is 8.68 Å². The number of benzene rings is 1. The lowest BCUT2D eigenvalue weighted by molar-refractivity contribution is -0.666. The summed E-state index contributed by atoms with van der Waals surface area (Å²) in [5.41, 5.74) is 4.70. The van der Waals surface area contributed by atoms with E-state index in [2.05, 4.69) is 0 Å². The van der Waals surface area contributed by atoms with Gasteiger partial charge in [0.2, 0.25) is 5.69 Å². The van der Waals surface area contributed by atoms with Gasteiger partial charge < -0.3 is 0 Å². The van der Waals surface area contributed by atoms with Crippen LogP contribution < -0.4 is 4.57 Å². The number of hydrogen-bond donors (Lipinski definition) is 0. The molecule has 0 N–H and O–H groups in total. The Bertz CT molecular complexity index is 595. The molecule has 0 aliphatic heterocycles. The molecule has 0 atom stereocenters. The fourth-order valence-corrected chi connectivity index (χ4v) is 2.05. The van der Waals surface area contributed by atoms with Gasteiger partial charge in [-0.3, -0.25) is 0 Å². The summed E-state index contributed by atoms with van der Waals surface area (Å²) in [6.45, 7) is 2.00. The summed E-state index contributed by atoms with van der Waals surface area (Å²) in [5.74, 6) is 0. The quantitative estimate of drug-likeness (QED) is 0.644. The summed E-state index contributed by atoms with van der Waals surface area (Å²) >= 11 is 0. The van der Waals surface area contributed by atoms with Crippen molar-refractivity contribution in [3.05, 3.63) is 53.2 Å². The molecule has 1 heterocycles. The first-order valence-corrected chi connectivity index (χ1v) is 5.38. The maximum Gasteiger partial charge on any atom is 0.212 e. The maximum absolute atomic E-state index is 7.59. The first kappa shape index (κ1) is 7.61. The second-order valence-electron chi connectivity index (χ2n) is 4.12. The van der Waals surface area contributed by atoms with Gasteiger partial charge in [-0.2, -0.15) is 4.57 Å². The van der Waals surface area contributed by atoms with Crippen molar-refractivity contribution in [2.75, 3.05) is 0 Å². The summed E-state index contributed by atoms with van der Waals surface area (Å²) in [4.78, 5) is 0. The third-order valence-electron chi connectivity index (χ3n) is 2.97. The first-order valence-electron chi connectivity index (χ1n) is 6.88. The van der Waals surface area contributed by atoms with Crippen molar-refractivity contribution in [3.63, 3.8) is 0 Å². The van der Waals surface area contributed by atoms with Gasteiger partial charge in [-0.1, -0.05) is 18.2 Å². The number of nitrogens with zero attached hydrogens (tertiary/aromatic N) is 1. The van der Waals surface area contributed by atoms with E-state index in [0.717, 1.165) is 22.4 Å². The minimum atomic E-state index is -2.10. The number of aromatic nitrogens is 1. The van der Waals surface area contributed by atoms with Crippen molar-refractivity contribution in [2.24, 2.45) is 7.05 Å². The van der Waals surface area contributed by atoms with Crippen LogP contribution in [0.1, 0.15) is 20.9 Å². The summed E-state index contributed by atoms with van der Waals surface area (Å²) < 4.78 is 24.5. The largest absolute Gasteiger partial charge is 0.212 e. The molecular weight excluding hydrogens is 194 g/mol. The van der Waals surface area contributed by atoms with E-state index in [0.29, 0.717) is 5.69 Å². The van der Waals surface area contributed by atoms with Gasteiger partial charge in [0.15, 0.2) is 5.69 Å². The second-order valence-corrected chi connectivity index (χ2v) is 4.12. The van der Waals surface area contributed by atoms with Crippen molar-refractivity contribution in [2.45, 2.75) is 20.7 Å². The molecule has 1 aromatic heterocycles. The van der Waals surface area contributed by atoms with Crippen LogP contribution in [0.3, 0.4) is 0 Å². The highest BCUT2D eigenvalue weighted by Gasteiger charge is 2.15. The van der Waals surface area contributed by atoms with E-state index in [9.17, 15) is 0 Å². The molecule has 0 aliphatic rings. The van der Waals surface area contributed by atoms with Crippen molar-refractivity contribution in [3.8, 4) is 11.3 Å². The first-order chi connectivity index (χ1) is 8.82. The van der Waals surface area contributed by atoms with E-state index in [1.165, 1.54) is 0 Å². The molecule has 16 heavy (non-hydrogen) atoms. The van der Waals surface area contributed by atoms with Crippen LogP contribution in [0.2, 0.25) is 0 Å². The Morgan fingerprint density at radius 3 is 2.25 bits per heavy atom. The maximum atomic E-state index is 7.59. The number of pyridine rings is 1. The zero-order valence-corrected chi connectivity index (χ0v) is 9.91. The van der Waals surface area contributed by atoms with E-state index in [-0.39, 0.29) is 0 Å². The Kier molecular flexibility index (Phi) is 1.95. The minimum absolute atomic E-state index is 0.354. The smallest absolute Gasteiger partial charge is 0.199 e. The van der Waals surface area contributed by atoms with Crippen LogP contribution in [0.4, 0.5) is 0 Å². The third kappa shape index (κ3) is 1.73. The van der Waals surface area contributed by atoms with Gasteiger partial charge in [0, 0.05) is 23.1 Å². The predicted octanol–water partition coefficient (Wildman–Crippen LogP) is 3.10. The number of aryl methyl sites for hydroxylation is 3. The molecule has 1 heteroatoms. The number of hydrogen-bond acceptors (Lipinski definition) is 0. The average Bonchev–Trinajstić information content (AvgIpc) is 2.29. The van der Waals surface area contributed by atoms with E-state index < -0.39 is 6.85 Å². The molecule has 0 saturated carbocycles. The molecular formula is C15H18N+. The van der Waals surface area contributed by atoms with Crippen LogP contribution in [-0.4, -0.2) is 0 Å². The molecule has 2 aromatic rings. The van der Waals surface area contributed by atoms with Gasteiger partial charge >= 0.3 is 0 Å². The van der Waals surface area contributed by atoms with Crippen LogP contribution in [0.25, 0.3) is 11.3 Å². The molecule has 2 rings (SSSR count). The van der Waals surface area contributed by atoms with Crippen molar-refractivity contribution in [1.82, 2.24) is 0 Å². The zero-order valence-electron chi connectivity index (χ0n) is 12.9. The van der Waals surface area contributed by atoms with Crippen LogP contribution in [0.15, 0.2) is 36.4 Å². The highest BCUT2D eigenvalue weighted by atomic mass is 14.9. The average molecular weight is 215 g/mol. The van der Waals surface area contributed by atoms with E-state index >= 15 is 0 Å². The minimum Gasteiger partial charge on any atom is -0.199 e. The van der Waals surface area contributed by atoms with Gasteiger partial charge in [-0.15, -0.1) is 0 Å². The Labute approximate surface area is 102 Å². The van der Waals surface area contributed by atoms with Crippen molar-refractivity contribution in [1.29, 1.82) is 0 Å². The molecule has 1 nitrogen and oxygen atoms in total. The topological polar surface area (TPSA) is 3.88 Å². The molecule has 0 fully saturated rings. The van der Waals surface area contributed by atoms with Gasteiger partial charge in [-0.25, -0.2) is 0 Å². The predicted molar refractivity (Wildman–Crippen MR) is 67.3 cm³/mol. The zero-order chi connectivity index (χ0) is 14.2. The Morgan fingerprint density at radius 2 is 1.62 bits per heavy atom. The molecule has 0 bridgehead atoms. The molecule has 0 amide bonds.